The molecule has 1 aromatic heterocycles. The molecule has 1 amide bonds. The molecule has 4 rings (SSSR count). The Morgan fingerprint density at radius 3 is 2.57 bits per heavy atom. The minimum absolute atomic E-state index is 0.122. The molecule has 1 aliphatic heterocycles. The van der Waals surface area contributed by atoms with E-state index in [0.29, 0.717) is 23.4 Å². The van der Waals surface area contributed by atoms with E-state index in [4.69, 9.17) is 4.74 Å². The van der Waals surface area contributed by atoms with Crippen molar-refractivity contribution >= 4 is 5.91 Å². The van der Waals surface area contributed by atoms with E-state index < -0.39 is 0 Å². The van der Waals surface area contributed by atoms with Gasteiger partial charge in [0, 0.05) is 50.4 Å². The van der Waals surface area contributed by atoms with Crippen molar-refractivity contribution in [3.8, 4) is 11.6 Å². The van der Waals surface area contributed by atoms with Crippen LogP contribution >= 0.6 is 0 Å². The second kappa shape index (κ2) is 11.7. The summed E-state index contributed by atoms with van der Waals surface area (Å²) in [5.41, 5.74) is 1.35. The molecular weight excluding hydrogens is 449 g/mol. The summed E-state index contributed by atoms with van der Waals surface area (Å²) in [4.78, 5) is 29.6. The summed E-state index contributed by atoms with van der Waals surface area (Å²) in [6.45, 7) is 6.00. The number of benzene rings is 2. The predicted molar refractivity (Wildman–Crippen MR) is 131 cm³/mol. The Morgan fingerprint density at radius 2 is 1.83 bits per heavy atom. The number of rotatable bonds is 9. The number of hydrogen-bond acceptors (Lipinski definition) is 6. The van der Waals surface area contributed by atoms with Crippen LogP contribution in [0.1, 0.15) is 22.3 Å². The second-order valence-electron chi connectivity index (χ2n) is 8.64. The van der Waals surface area contributed by atoms with Gasteiger partial charge in [0.15, 0.2) is 0 Å². The van der Waals surface area contributed by atoms with Crippen molar-refractivity contribution in [2.75, 3.05) is 46.3 Å². The molecule has 0 atom stereocenters. The summed E-state index contributed by atoms with van der Waals surface area (Å²) < 4.78 is 20.2. The third-order valence-corrected chi connectivity index (χ3v) is 5.96. The van der Waals surface area contributed by atoms with Gasteiger partial charge in [-0.05, 0) is 62.0 Å². The fourth-order valence-corrected chi connectivity index (χ4v) is 3.87. The Morgan fingerprint density at radius 1 is 1.06 bits per heavy atom. The number of nitrogens with zero attached hydrogens (tertiary/aromatic N) is 4. The zero-order valence-electron chi connectivity index (χ0n) is 19.8. The van der Waals surface area contributed by atoms with Gasteiger partial charge in [0.1, 0.15) is 12.4 Å². The van der Waals surface area contributed by atoms with Crippen LogP contribution in [0.25, 0.3) is 5.69 Å². The minimum atomic E-state index is -0.344. The van der Waals surface area contributed by atoms with Crippen LogP contribution in [0.2, 0.25) is 0 Å². The van der Waals surface area contributed by atoms with Crippen LogP contribution < -0.4 is 15.6 Å². The molecule has 0 bridgehead atoms. The van der Waals surface area contributed by atoms with E-state index in [1.807, 2.05) is 0 Å². The zero-order valence-corrected chi connectivity index (χ0v) is 19.8. The van der Waals surface area contributed by atoms with E-state index in [2.05, 4.69) is 27.3 Å². The minimum Gasteiger partial charge on any atom is -0.472 e. The average molecular weight is 480 g/mol. The number of likely N-dealkylation sites (N-methyl/N-ethyl adjacent to an activating group) is 1. The molecule has 0 radical (unpaired) electrons. The predicted octanol–water partition coefficient (Wildman–Crippen LogP) is 2.32. The summed E-state index contributed by atoms with van der Waals surface area (Å²) in [7, 11) is 2.13. The van der Waals surface area contributed by atoms with Crippen LogP contribution in [0.15, 0.2) is 65.5 Å². The molecule has 9 heteroatoms. The molecule has 8 nitrogen and oxygen atoms in total. The summed E-state index contributed by atoms with van der Waals surface area (Å²) >= 11 is 0. The van der Waals surface area contributed by atoms with Gasteiger partial charge in [-0.15, -0.1) is 5.10 Å². The normalized spacial score (nSPS) is 14.6. The first kappa shape index (κ1) is 24.6. The fourth-order valence-electron chi connectivity index (χ4n) is 3.87. The van der Waals surface area contributed by atoms with E-state index >= 15 is 0 Å². The molecule has 0 aliphatic carbocycles. The van der Waals surface area contributed by atoms with Crippen molar-refractivity contribution in [3.63, 3.8) is 0 Å². The van der Waals surface area contributed by atoms with E-state index in [1.165, 1.54) is 28.9 Å². The summed E-state index contributed by atoms with van der Waals surface area (Å²) in [5, 5.41) is 7.20. The number of carbonyl (C=O) groups is 1. The van der Waals surface area contributed by atoms with Gasteiger partial charge in [-0.25, -0.2) is 4.39 Å². The molecule has 2 heterocycles. The topological polar surface area (TPSA) is 79.7 Å². The van der Waals surface area contributed by atoms with Gasteiger partial charge in [0.05, 0.1) is 5.69 Å². The molecule has 1 saturated heterocycles. The van der Waals surface area contributed by atoms with Gasteiger partial charge >= 0.3 is 0 Å². The number of halogens is 1. The van der Waals surface area contributed by atoms with Crippen molar-refractivity contribution in [3.05, 3.63) is 88.0 Å². The van der Waals surface area contributed by atoms with Crippen LogP contribution in [-0.2, 0) is 6.61 Å². The number of nitrogens with one attached hydrogen (secondary N) is 1. The quantitative estimate of drug-likeness (QED) is 0.475. The van der Waals surface area contributed by atoms with Gasteiger partial charge < -0.3 is 19.9 Å². The molecule has 0 unspecified atom stereocenters. The largest absolute Gasteiger partial charge is 0.472 e. The van der Waals surface area contributed by atoms with Crippen LogP contribution in [0.3, 0.4) is 0 Å². The van der Waals surface area contributed by atoms with Crippen LogP contribution in [-0.4, -0.2) is 71.8 Å². The average Bonchev–Trinajstić information content (AvgIpc) is 2.87. The van der Waals surface area contributed by atoms with Gasteiger partial charge in [-0.2, -0.15) is 4.68 Å². The van der Waals surface area contributed by atoms with Gasteiger partial charge in [-0.3, -0.25) is 9.59 Å². The first-order valence-corrected chi connectivity index (χ1v) is 11.7. The zero-order chi connectivity index (χ0) is 24.6. The first-order chi connectivity index (χ1) is 17.0. The highest BCUT2D eigenvalue weighted by molar-refractivity contribution is 5.94. The molecule has 3 aromatic rings. The molecule has 0 saturated carbocycles. The Hall–Kier alpha value is -3.56. The Bertz CT molecular complexity index is 1190. The highest BCUT2D eigenvalue weighted by Gasteiger charge is 2.13. The van der Waals surface area contributed by atoms with Gasteiger partial charge in [-0.1, -0.05) is 12.1 Å². The standard InChI is InChI=1S/C26H30FN5O3/c1-30-14-16-31(17-15-30)13-3-12-28-26(34)21-6-8-23(9-7-21)32-25(33)11-10-24(29-32)35-19-20-4-2-5-22(27)18-20/h2,4-11,18H,3,12-17,19H2,1H3,(H,28,34). The molecule has 1 N–H and O–H groups in total. The highest BCUT2D eigenvalue weighted by atomic mass is 19.1. The maximum Gasteiger partial charge on any atom is 0.271 e. The Balaban J connectivity index is 1.30. The maximum absolute atomic E-state index is 13.3. The Kier molecular flexibility index (Phi) is 8.23. The van der Waals surface area contributed by atoms with Crippen LogP contribution in [0.4, 0.5) is 4.39 Å². The molecule has 0 spiro atoms. The number of carbonyl (C=O) groups excluding carboxylic acids is 1. The first-order valence-electron chi connectivity index (χ1n) is 11.7. The van der Waals surface area contributed by atoms with E-state index in [1.54, 1.807) is 36.4 Å². The fraction of sp³-hybridized carbons (Fsp3) is 0.346. The van der Waals surface area contributed by atoms with E-state index in [9.17, 15) is 14.0 Å². The lowest BCUT2D eigenvalue weighted by Crippen LogP contribution is -2.45. The van der Waals surface area contributed by atoms with Crippen molar-refractivity contribution in [2.24, 2.45) is 0 Å². The third kappa shape index (κ3) is 6.97. The van der Waals surface area contributed by atoms with E-state index in [0.717, 1.165) is 39.1 Å². The molecule has 2 aromatic carbocycles. The number of amides is 1. The Labute approximate surface area is 203 Å². The second-order valence-corrected chi connectivity index (χ2v) is 8.64. The van der Waals surface area contributed by atoms with Crippen LogP contribution in [0, 0.1) is 5.82 Å². The van der Waals surface area contributed by atoms with Crippen LogP contribution in [0.5, 0.6) is 5.88 Å². The lowest BCUT2D eigenvalue weighted by molar-refractivity contribution is 0.0949. The number of piperazine rings is 1. The smallest absolute Gasteiger partial charge is 0.271 e. The van der Waals surface area contributed by atoms with Gasteiger partial charge in [0.2, 0.25) is 5.88 Å². The van der Waals surface area contributed by atoms with E-state index in [-0.39, 0.29) is 29.8 Å². The highest BCUT2D eigenvalue weighted by Crippen LogP contribution is 2.12. The number of ether oxygens (including phenoxy) is 1. The summed E-state index contributed by atoms with van der Waals surface area (Å²) in [6, 6.07) is 15.6. The third-order valence-electron chi connectivity index (χ3n) is 5.96. The summed E-state index contributed by atoms with van der Waals surface area (Å²) in [5.74, 6) is -0.262. The SMILES string of the molecule is CN1CCN(CCCNC(=O)c2ccc(-n3nc(OCc4cccc(F)c4)ccc3=O)cc2)CC1. The monoisotopic (exact) mass is 479 g/mol. The number of aromatic nitrogens is 2. The number of hydrogen-bond donors (Lipinski definition) is 1. The molecular formula is C26H30FN5O3. The van der Waals surface area contributed by atoms with Crippen molar-refractivity contribution < 1.29 is 13.9 Å². The van der Waals surface area contributed by atoms with Crippen molar-refractivity contribution in [2.45, 2.75) is 13.0 Å². The van der Waals surface area contributed by atoms with Gasteiger partial charge in [0.25, 0.3) is 11.5 Å². The lowest BCUT2D eigenvalue weighted by atomic mass is 10.2. The molecule has 1 fully saturated rings. The molecule has 184 valence electrons. The lowest BCUT2D eigenvalue weighted by Gasteiger charge is -2.32. The van der Waals surface area contributed by atoms with Crippen molar-refractivity contribution in [1.82, 2.24) is 24.9 Å². The summed E-state index contributed by atoms with van der Waals surface area (Å²) in [6.07, 6.45) is 0.898. The maximum atomic E-state index is 13.3. The van der Waals surface area contributed by atoms with Crippen molar-refractivity contribution in [1.29, 1.82) is 0 Å². The molecule has 1 aliphatic rings. The molecule has 35 heavy (non-hydrogen) atoms.